The van der Waals surface area contributed by atoms with Gasteiger partial charge in [0.2, 0.25) is 0 Å². The molecule has 0 bridgehead atoms. The van der Waals surface area contributed by atoms with Crippen LogP contribution in [0.2, 0.25) is 0 Å². The summed E-state index contributed by atoms with van der Waals surface area (Å²) >= 11 is 2.99. The van der Waals surface area contributed by atoms with Crippen LogP contribution in [-0.2, 0) is 38.1 Å². The van der Waals surface area contributed by atoms with E-state index in [9.17, 15) is 24.0 Å². The Kier molecular flexibility index (Phi) is 11.3. The number of ketones is 1. The third-order valence-corrected chi connectivity index (χ3v) is 12.9. The first kappa shape index (κ1) is 37.3. The van der Waals surface area contributed by atoms with Crippen molar-refractivity contribution in [3.63, 3.8) is 0 Å². The Balaban J connectivity index is 1.84. The van der Waals surface area contributed by atoms with Gasteiger partial charge in [0, 0.05) is 27.3 Å². The minimum atomic E-state index is -1.60. The fourth-order valence-electron chi connectivity index (χ4n) is 6.04. The molecule has 0 aromatic heterocycles. The predicted molar refractivity (Wildman–Crippen MR) is 196 cm³/mol. The van der Waals surface area contributed by atoms with Crippen LogP contribution in [0.4, 0.5) is 5.69 Å². The second kappa shape index (κ2) is 15.1. The highest BCUT2D eigenvalue weighted by Crippen LogP contribution is 2.71. The minimum Gasteiger partial charge on any atom is -0.463 e. The maximum Gasteiger partial charge on any atom is 0.346 e. The Morgan fingerprint density at radius 3 is 1.76 bits per heavy atom. The van der Waals surface area contributed by atoms with Gasteiger partial charge >= 0.3 is 23.9 Å². The second-order valence-electron chi connectivity index (χ2n) is 11.8. The molecule has 2 aromatic carbocycles. The van der Waals surface area contributed by atoms with Crippen molar-refractivity contribution in [2.24, 2.45) is 0 Å². The van der Waals surface area contributed by atoms with E-state index in [2.05, 4.69) is 0 Å². The third-order valence-electron chi connectivity index (χ3n) is 8.22. The number of benzene rings is 2. The quantitative estimate of drug-likeness (QED) is 0.136. The number of hydrogen-bond acceptors (Lipinski definition) is 13. The molecule has 50 heavy (non-hydrogen) atoms. The van der Waals surface area contributed by atoms with Gasteiger partial charge in [-0.1, -0.05) is 77.8 Å². The molecule has 0 fully saturated rings. The number of hydrogen-bond donors (Lipinski definition) is 0. The zero-order valence-corrected chi connectivity index (χ0v) is 31.5. The molecule has 0 aliphatic carbocycles. The van der Waals surface area contributed by atoms with E-state index in [1.807, 2.05) is 62.1 Å². The van der Waals surface area contributed by atoms with Gasteiger partial charge in [0.05, 0.1) is 44.1 Å². The second-order valence-corrected chi connectivity index (χ2v) is 15.6. The maximum absolute atomic E-state index is 14.2. The topological polar surface area (TPSA) is 126 Å². The number of ether oxygens (including phenoxy) is 4. The Morgan fingerprint density at radius 1 is 0.700 bits per heavy atom. The smallest absolute Gasteiger partial charge is 0.346 e. The summed E-state index contributed by atoms with van der Waals surface area (Å²) in [6.45, 7) is 12.6. The van der Waals surface area contributed by atoms with E-state index in [0.717, 1.165) is 40.8 Å². The van der Waals surface area contributed by atoms with E-state index >= 15 is 0 Å². The van der Waals surface area contributed by atoms with Gasteiger partial charge in [-0.15, -0.1) is 0 Å². The zero-order chi connectivity index (χ0) is 36.4. The van der Waals surface area contributed by atoms with Gasteiger partial charge in [0.25, 0.3) is 0 Å². The summed E-state index contributed by atoms with van der Waals surface area (Å²) in [5, 5.41) is 0. The van der Waals surface area contributed by atoms with Gasteiger partial charge in [-0.3, -0.25) is 4.79 Å². The lowest BCUT2D eigenvalue weighted by Crippen LogP contribution is -2.53. The third kappa shape index (κ3) is 6.62. The van der Waals surface area contributed by atoms with Crippen LogP contribution in [0.15, 0.2) is 73.7 Å². The summed E-state index contributed by atoms with van der Waals surface area (Å²) in [7, 11) is 0. The Bertz CT molecular complexity index is 1810. The highest BCUT2D eigenvalue weighted by Gasteiger charge is 2.61. The molecule has 0 atom stereocenters. The molecule has 10 nitrogen and oxygen atoms in total. The molecular weight excluding hydrogens is 699 g/mol. The van der Waals surface area contributed by atoms with Gasteiger partial charge < -0.3 is 23.8 Å². The molecule has 0 radical (unpaired) electrons. The van der Waals surface area contributed by atoms with E-state index < -0.39 is 33.5 Å². The maximum atomic E-state index is 14.2. The Labute approximate surface area is 304 Å². The van der Waals surface area contributed by atoms with E-state index in [0.29, 0.717) is 27.3 Å². The van der Waals surface area contributed by atoms with Crippen LogP contribution in [0, 0.1) is 6.92 Å². The van der Waals surface area contributed by atoms with Gasteiger partial charge in [0.15, 0.2) is 5.78 Å². The summed E-state index contributed by atoms with van der Waals surface area (Å²) in [6.07, 6.45) is 0. The standard InChI is InChI=1S/C37H39NO9S3/c1-8-44-32(40)27-28(33(41)45-9-2)48-31-26(37(27)49-29(34(42)46-10-3)30(50-37)35(43)47-11-4)23-18-17-21(5)19-24(23)38(36(31,6)7)20-25(39)22-15-13-12-14-16-22/h12-19H,8-11,20H2,1-7H3. The molecule has 3 aliphatic heterocycles. The predicted octanol–water partition coefficient (Wildman–Crippen LogP) is 6.83. The van der Waals surface area contributed by atoms with Crippen molar-refractivity contribution >= 4 is 76.2 Å². The minimum absolute atomic E-state index is 0.0000306. The van der Waals surface area contributed by atoms with Crippen LogP contribution in [0.3, 0.4) is 0 Å². The van der Waals surface area contributed by atoms with Crippen LogP contribution in [0.25, 0.3) is 5.57 Å². The van der Waals surface area contributed by atoms with Crippen LogP contribution in [0.5, 0.6) is 0 Å². The number of carbonyl (C=O) groups excluding carboxylic acids is 5. The molecule has 0 unspecified atom stereocenters. The first-order valence-corrected chi connectivity index (χ1v) is 18.8. The van der Waals surface area contributed by atoms with Gasteiger partial charge in [-0.2, -0.15) is 0 Å². The fraction of sp³-hybridized carbons (Fsp3) is 0.378. The molecule has 1 spiro atoms. The first-order valence-electron chi connectivity index (χ1n) is 16.3. The molecule has 3 heterocycles. The van der Waals surface area contributed by atoms with Crippen LogP contribution in [-0.4, -0.2) is 72.3 Å². The highest BCUT2D eigenvalue weighted by atomic mass is 32.2. The van der Waals surface area contributed by atoms with Crippen molar-refractivity contribution in [2.45, 2.75) is 58.1 Å². The van der Waals surface area contributed by atoms with Crippen molar-refractivity contribution in [1.82, 2.24) is 0 Å². The Morgan fingerprint density at radius 2 is 1.22 bits per heavy atom. The number of nitrogens with zero attached hydrogens (tertiary/aromatic N) is 1. The summed E-state index contributed by atoms with van der Waals surface area (Å²) in [4.78, 5) is 71.6. The van der Waals surface area contributed by atoms with Crippen molar-refractivity contribution in [1.29, 1.82) is 0 Å². The number of Topliss-reactive ketones (excluding diaryl/α,β-unsaturated/α-hetero) is 1. The monoisotopic (exact) mass is 737 g/mol. The lowest BCUT2D eigenvalue weighted by molar-refractivity contribution is -0.141. The van der Waals surface area contributed by atoms with Gasteiger partial charge in [-0.05, 0) is 60.1 Å². The summed E-state index contributed by atoms with van der Waals surface area (Å²) < 4.78 is 20.3. The summed E-state index contributed by atoms with van der Waals surface area (Å²) in [5.74, 6) is -3.19. The van der Waals surface area contributed by atoms with Crippen LogP contribution < -0.4 is 4.90 Å². The number of aryl methyl sites for hydroxylation is 1. The van der Waals surface area contributed by atoms with E-state index in [4.69, 9.17) is 18.9 Å². The molecule has 2 aromatic rings. The van der Waals surface area contributed by atoms with Crippen molar-refractivity contribution in [2.75, 3.05) is 37.9 Å². The zero-order valence-electron chi connectivity index (χ0n) is 29.0. The fourth-order valence-corrected chi connectivity index (χ4v) is 11.0. The van der Waals surface area contributed by atoms with E-state index in [-0.39, 0.29) is 59.0 Å². The van der Waals surface area contributed by atoms with E-state index in [1.54, 1.807) is 39.8 Å². The molecule has 0 N–H and O–H groups in total. The lowest BCUT2D eigenvalue weighted by atomic mass is 9.82. The molecule has 0 saturated carbocycles. The van der Waals surface area contributed by atoms with Crippen LogP contribution >= 0.6 is 35.3 Å². The van der Waals surface area contributed by atoms with Gasteiger partial charge in [-0.25, -0.2) is 19.2 Å². The van der Waals surface area contributed by atoms with E-state index in [1.165, 1.54) is 0 Å². The molecule has 13 heteroatoms. The van der Waals surface area contributed by atoms with Gasteiger partial charge in [0.1, 0.15) is 18.8 Å². The number of thioether (sulfide) groups is 3. The molecule has 0 amide bonds. The SMILES string of the molecule is CCOC(=O)C1=C(C(=O)OCC)SC2(S1)C(C(=O)OCC)=C(C(=O)OCC)SC1=C2c2ccc(C)cc2N(CC(=O)c2ccccc2)C1(C)C. The van der Waals surface area contributed by atoms with Crippen molar-refractivity contribution < 1.29 is 42.9 Å². The molecule has 5 rings (SSSR count). The lowest BCUT2D eigenvalue weighted by Gasteiger charge is -2.51. The first-order chi connectivity index (χ1) is 23.9. The Hall–Kier alpha value is -3.94. The number of fused-ring (bicyclic) bond motifs is 3. The number of carbonyl (C=O) groups is 5. The van der Waals surface area contributed by atoms with Crippen molar-refractivity contribution in [3.8, 4) is 0 Å². The average molecular weight is 738 g/mol. The summed E-state index contributed by atoms with van der Waals surface area (Å²) in [5.41, 5.74) is 2.42. The number of esters is 4. The number of rotatable bonds is 11. The summed E-state index contributed by atoms with van der Waals surface area (Å²) in [6, 6.07) is 14.8. The van der Waals surface area contributed by atoms with Crippen LogP contribution in [0.1, 0.15) is 63.0 Å². The molecule has 3 aliphatic rings. The number of anilines is 1. The highest BCUT2D eigenvalue weighted by molar-refractivity contribution is 8.26. The normalized spacial score (nSPS) is 17.3. The van der Waals surface area contributed by atoms with Crippen molar-refractivity contribution in [3.05, 3.63) is 90.4 Å². The molecular formula is C37H39NO9S3. The largest absolute Gasteiger partial charge is 0.463 e. The molecule has 264 valence electrons. The average Bonchev–Trinajstić information content (AvgIpc) is 3.47. The molecule has 0 saturated heterocycles.